The largest absolute Gasteiger partial charge is 0.313 e. The third-order valence-electron chi connectivity index (χ3n) is 4.55. The minimum absolute atomic E-state index is 0.985. The Bertz CT molecular complexity index is 658. The number of rotatable bonds is 4. The van der Waals surface area contributed by atoms with Gasteiger partial charge in [0.05, 0.1) is 5.52 Å². The van der Waals surface area contributed by atoms with Gasteiger partial charge in [-0.05, 0) is 80.8 Å². The zero-order valence-electron chi connectivity index (χ0n) is 13.6. The monoisotopic (exact) mass is 282 g/mol. The zero-order chi connectivity index (χ0) is 14.8. The van der Waals surface area contributed by atoms with Gasteiger partial charge in [0.2, 0.25) is 0 Å². The van der Waals surface area contributed by atoms with Gasteiger partial charge in [0.25, 0.3) is 0 Å². The second kappa shape index (κ2) is 6.15. The van der Waals surface area contributed by atoms with Gasteiger partial charge in [0.15, 0.2) is 0 Å². The van der Waals surface area contributed by atoms with Gasteiger partial charge in [-0.2, -0.15) is 0 Å². The van der Waals surface area contributed by atoms with Crippen LogP contribution in [0.4, 0.5) is 0 Å². The van der Waals surface area contributed by atoms with E-state index in [1.165, 1.54) is 64.5 Å². The van der Waals surface area contributed by atoms with E-state index in [0.717, 1.165) is 19.5 Å². The number of benzene rings is 1. The second-order valence-electron chi connectivity index (χ2n) is 6.38. The molecule has 3 rings (SSSR count). The predicted octanol–water partition coefficient (Wildman–Crippen LogP) is 4.23. The minimum atomic E-state index is 0.985. The normalized spacial score (nSPS) is 14.4. The van der Waals surface area contributed by atoms with Gasteiger partial charge in [-0.15, -0.1) is 0 Å². The molecule has 1 aliphatic carbocycles. The third-order valence-corrected chi connectivity index (χ3v) is 4.55. The molecule has 0 amide bonds. The maximum absolute atomic E-state index is 5.00. The average molecular weight is 282 g/mol. The van der Waals surface area contributed by atoms with E-state index >= 15 is 0 Å². The van der Waals surface area contributed by atoms with Gasteiger partial charge < -0.3 is 5.32 Å². The first-order chi connectivity index (χ1) is 10.2. The summed E-state index contributed by atoms with van der Waals surface area (Å²) in [4.78, 5) is 5.00. The number of nitrogens with one attached hydrogen (secondary N) is 1. The molecule has 2 heteroatoms. The standard InChI is InChI=1S/C19H26N2/c1-4-9-20-12-16-15-7-5-6-8-17(15)21-18-11-13(2)10-14(3)19(16)18/h10-11,20H,4-9,12H2,1-3H3. The highest BCUT2D eigenvalue weighted by Gasteiger charge is 2.19. The number of hydrogen-bond acceptors (Lipinski definition) is 2. The third kappa shape index (κ3) is 2.82. The van der Waals surface area contributed by atoms with Crippen LogP contribution in [0.25, 0.3) is 10.9 Å². The van der Waals surface area contributed by atoms with Crippen molar-refractivity contribution in [1.82, 2.24) is 10.3 Å². The van der Waals surface area contributed by atoms with Gasteiger partial charge in [-0.1, -0.05) is 13.0 Å². The molecule has 0 aliphatic heterocycles. The molecule has 1 heterocycles. The lowest BCUT2D eigenvalue weighted by Gasteiger charge is -2.22. The Morgan fingerprint density at radius 1 is 1.14 bits per heavy atom. The Balaban J connectivity index is 2.18. The van der Waals surface area contributed by atoms with E-state index in [1.807, 2.05) is 0 Å². The van der Waals surface area contributed by atoms with E-state index < -0.39 is 0 Å². The fraction of sp³-hybridized carbons (Fsp3) is 0.526. The SMILES string of the molecule is CCCNCc1c2c(nc3cc(C)cc(C)c13)CCCC2. The predicted molar refractivity (Wildman–Crippen MR) is 89.9 cm³/mol. The van der Waals surface area contributed by atoms with Crippen molar-refractivity contribution in [2.24, 2.45) is 0 Å². The lowest BCUT2D eigenvalue weighted by molar-refractivity contribution is 0.639. The molecule has 1 aromatic carbocycles. The topological polar surface area (TPSA) is 24.9 Å². The Hall–Kier alpha value is -1.41. The number of nitrogens with zero attached hydrogens (tertiary/aromatic N) is 1. The van der Waals surface area contributed by atoms with Crippen LogP contribution < -0.4 is 5.32 Å². The van der Waals surface area contributed by atoms with Crippen LogP contribution in [-0.2, 0) is 19.4 Å². The van der Waals surface area contributed by atoms with Crippen molar-refractivity contribution in [1.29, 1.82) is 0 Å². The van der Waals surface area contributed by atoms with Crippen LogP contribution in [0.3, 0.4) is 0 Å². The Morgan fingerprint density at radius 3 is 2.76 bits per heavy atom. The maximum Gasteiger partial charge on any atom is 0.0714 e. The fourth-order valence-corrected chi connectivity index (χ4v) is 3.65. The highest BCUT2D eigenvalue weighted by molar-refractivity contribution is 5.87. The number of fused-ring (bicyclic) bond motifs is 2. The van der Waals surface area contributed by atoms with Gasteiger partial charge in [-0.3, -0.25) is 4.98 Å². The van der Waals surface area contributed by atoms with Crippen molar-refractivity contribution >= 4 is 10.9 Å². The molecule has 0 spiro atoms. The molecule has 1 aliphatic rings. The quantitative estimate of drug-likeness (QED) is 0.849. The summed E-state index contributed by atoms with van der Waals surface area (Å²) in [6.07, 6.45) is 6.14. The first-order valence-electron chi connectivity index (χ1n) is 8.33. The molecule has 0 bridgehead atoms. The van der Waals surface area contributed by atoms with Crippen molar-refractivity contribution in [3.8, 4) is 0 Å². The summed E-state index contributed by atoms with van der Waals surface area (Å²) in [5.41, 5.74) is 8.29. The molecule has 2 aromatic rings. The molecule has 21 heavy (non-hydrogen) atoms. The number of aryl methyl sites for hydroxylation is 3. The van der Waals surface area contributed by atoms with E-state index in [9.17, 15) is 0 Å². The van der Waals surface area contributed by atoms with E-state index in [-0.39, 0.29) is 0 Å². The summed E-state index contributed by atoms with van der Waals surface area (Å²) in [5.74, 6) is 0. The minimum Gasteiger partial charge on any atom is -0.313 e. The summed E-state index contributed by atoms with van der Waals surface area (Å²) < 4.78 is 0. The molecule has 1 N–H and O–H groups in total. The molecule has 0 saturated heterocycles. The zero-order valence-corrected chi connectivity index (χ0v) is 13.6. The highest BCUT2D eigenvalue weighted by atomic mass is 14.8. The Morgan fingerprint density at radius 2 is 1.95 bits per heavy atom. The molecular formula is C19H26N2. The molecule has 2 nitrogen and oxygen atoms in total. The van der Waals surface area contributed by atoms with E-state index in [2.05, 4.69) is 38.2 Å². The first kappa shape index (κ1) is 14.5. The van der Waals surface area contributed by atoms with Gasteiger partial charge in [-0.25, -0.2) is 0 Å². The first-order valence-corrected chi connectivity index (χ1v) is 8.33. The van der Waals surface area contributed by atoms with Crippen molar-refractivity contribution in [3.63, 3.8) is 0 Å². The van der Waals surface area contributed by atoms with Gasteiger partial charge in [0, 0.05) is 17.6 Å². The van der Waals surface area contributed by atoms with Crippen LogP contribution in [0.1, 0.15) is 54.1 Å². The highest BCUT2D eigenvalue weighted by Crippen LogP contribution is 2.31. The lowest BCUT2D eigenvalue weighted by Crippen LogP contribution is -2.18. The second-order valence-corrected chi connectivity index (χ2v) is 6.38. The van der Waals surface area contributed by atoms with Gasteiger partial charge in [0.1, 0.15) is 0 Å². The van der Waals surface area contributed by atoms with E-state index in [0.29, 0.717) is 0 Å². The van der Waals surface area contributed by atoms with Crippen LogP contribution in [0.2, 0.25) is 0 Å². The smallest absolute Gasteiger partial charge is 0.0714 e. The molecule has 112 valence electrons. The number of hydrogen-bond donors (Lipinski definition) is 1. The number of pyridine rings is 1. The fourth-order valence-electron chi connectivity index (χ4n) is 3.65. The van der Waals surface area contributed by atoms with Gasteiger partial charge >= 0.3 is 0 Å². The van der Waals surface area contributed by atoms with Crippen molar-refractivity contribution in [2.45, 2.75) is 59.4 Å². The Kier molecular flexibility index (Phi) is 4.25. The van der Waals surface area contributed by atoms with Crippen molar-refractivity contribution in [3.05, 3.63) is 40.1 Å². The van der Waals surface area contributed by atoms with E-state index in [4.69, 9.17) is 4.98 Å². The molecule has 0 saturated carbocycles. The van der Waals surface area contributed by atoms with Crippen LogP contribution in [-0.4, -0.2) is 11.5 Å². The molecule has 0 radical (unpaired) electrons. The van der Waals surface area contributed by atoms with Crippen LogP contribution in [0.5, 0.6) is 0 Å². The molecule has 0 fully saturated rings. The lowest BCUT2D eigenvalue weighted by atomic mass is 9.88. The van der Waals surface area contributed by atoms with Crippen LogP contribution >= 0.6 is 0 Å². The maximum atomic E-state index is 5.00. The summed E-state index contributed by atoms with van der Waals surface area (Å²) >= 11 is 0. The van der Waals surface area contributed by atoms with Crippen LogP contribution in [0.15, 0.2) is 12.1 Å². The molecule has 0 unspecified atom stereocenters. The molecule has 0 atom stereocenters. The molecule has 1 aromatic heterocycles. The Labute approximate surface area is 128 Å². The summed E-state index contributed by atoms with van der Waals surface area (Å²) in [5, 5.41) is 5.00. The molecular weight excluding hydrogens is 256 g/mol. The van der Waals surface area contributed by atoms with E-state index in [1.54, 1.807) is 0 Å². The summed E-state index contributed by atoms with van der Waals surface area (Å²) in [7, 11) is 0. The van der Waals surface area contributed by atoms with Crippen molar-refractivity contribution in [2.75, 3.05) is 6.54 Å². The van der Waals surface area contributed by atoms with Crippen molar-refractivity contribution < 1.29 is 0 Å². The average Bonchev–Trinajstić information content (AvgIpc) is 2.46. The summed E-state index contributed by atoms with van der Waals surface area (Å²) in [6.45, 7) is 8.70. The van der Waals surface area contributed by atoms with Crippen LogP contribution in [0, 0.1) is 13.8 Å². The number of aromatic nitrogens is 1. The summed E-state index contributed by atoms with van der Waals surface area (Å²) in [6, 6.07) is 4.54.